The summed E-state index contributed by atoms with van der Waals surface area (Å²) in [6.45, 7) is 5.34. The van der Waals surface area contributed by atoms with Crippen LogP contribution in [-0.2, 0) is 17.9 Å². The smallest absolute Gasteiger partial charge is 0.246 e. The van der Waals surface area contributed by atoms with Gasteiger partial charge in [-0.25, -0.2) is 0 Å². The van der Waals surface area contributed by atoms with E-state index in [1.54, 1.807) is 0 Å². The first-order chi connectivity index (χ1) is 12.2. The molecule has 2 aromatic carbocycles. The lowest BCUT2D eigenvalue weighted by atomic mass is 9.83. The summed E-state index contributed by atoms with van der Waals surface area (Å²) in [7, 11) is 1.91. The summed E-state index contributed by atoms with van der Waals surface area (Å²) in [5.41, 5.74) is 2.24. The van der Waals surface area contributed by atoms with E-state index >= 15 is 0 Å². The Labute approximate surface area is 149 Å². The highest BCUT2D eigenvalue weighted by atomic mass is 16.2. The molecule has 25 heavy (non-hydrogen) atoms. The summed E-state index contributed by atoms with van der Waals surface area (Å²) < 4.78 is 0. The van der Waals surface area contributed by atoms with Gasteiger partial charge in [-0.3, -0.25) is 14.6 Å². The van der Waals surface area contributed by atoms with E-state index in [9.17, 15) is 4.79 Å². The molecular formula is C21H25N3O. The second kappa shape index (κ2) is 6.62. The molecule has 2 heterocycles. The van der Waals surface area contributed by atoms with E-state index in [0.29, 0.717) is 0 Å². The van der Waals surface area contributed by atoms with Gasteiger partial charge in [0.2, 0.25) is 5.91 Å². The fourth-order valence-corrected chi connectivity index (χ4v) is 4.18. The highest BCUT2D eigenvalue weighted by molar-refractivity contribution is 5.93. The van der Waals surface area contributed by atoms with Crippen LogP contribution in [0.4, 0.5) is 0 Å². The molecule has 0 radical (unpaired) electrons. The molecule has 4 heteroatoms. The van der Waals surface area contributed by atoms with Crippen LogP contribution in [-0.4, -0.2) is 59.4 Å². The van der Waals surface area contributed by atoms with Crippen molar-refractivity contribution in [2.45, 2.75) is 18.6 Å². The third kappa shape index (κ3) is 3.08. The summed E-state index contributed by atoms with van der Waals surface area (Å²) in [6, 6.07) is 21.0. The predicted molar refractivity (Wildman–Crippen MR) is 98.9 cm³/mol. The van der Waals surface area contributed by atoms with Crippen LogP contribution >= 0.6 is 0 Å². The molecule has 0 aliphatic carbocycles. The SMILES string of the molecule is CN1CC2(CN(Cc3ccccc3)CCN2Cc2ccccc2)C1=O. The molecule has 2 aromatic rings. The quantitative estimate of drug-likeness (QED) is 0.802. The Morgan fingerprint density at radius 1 is 0.840 bits per heavy atom. The monoisotopic (exact) mass is 335 g/mol. The molecule has 2 aliphatic heterocycles. The molecule has 130 valence electrons. The molecule has 0 aromatic heterocycles. The lowest BCUT2D eigenvalue weighted by molar-refractivity contribution is -0.171. The number of nitrogens with zero attached hydrogens (tertiary/aromatic N) is 3. The highest BCUT2D eigenvalue weighted by Crippen LogP contribution is 2.34. The van der Waals surface area contributed by atoms with E-state index in [-0.39, 0.29) is 11.4 Å². The number of rotatable bonds is 4. The zero-order valence-corrected chi connectivity index (χ0v) is 14.8. The average Bonchev–Trinajstić information content (AvgIpc) is 2.65. The molecule has 1 spiro atoms. The standard InChI is InChI=1S/C21H25N3O/c1-22-16-21(20(22)25)17-23(14-18-8-4-2-5-9-18)12-13-24(21)15-19-10-6-3-7-11-19/h2-11H,12-17H2,1H3. The number of likely N-dealkylation sites (N-methyl/N-ethyl adjacent to an activating group) is 1. The molecule has 0 saturated carbocycles. The lowest BCUT2D eigenvalue weighted by Gasteiger charge is -2.57. The lowest BCUT2D eigenvalue weighted by Crippen LogP contribution is -2.78. The van der Waals surface area contributed by atoms with Crippen LogP contribution in [0, 0.1) is 0 Å². The normalized spacial score (nSPS) is 24.5. The van der Waals surface area contributed by atoms with E-state index in [4.69, 9.17) is 0 Å². The maximum absolute atomic E-state index is 12.8. The Bertz CT molecular complexity index is 733. The van der Waals surface area contributed by atoms with Crippen LogP contribution in [0.15, 0.2) is 60.7 Å². The number of piperazine rings is 1. The van der Waals surface area contributed by atoms with Gasteiger partial charge in [0.25, 0.3) is 0 Å². The van der Waals surface area contributed by atoms with Crippen molar-refractivity contribution in [1.82, 2.24) is 14.7 Å². The first-order valence-electron chi connectivity index (χ1n) is 8.98. The van der Waals surface area contributed by atoms with Crippen molar-refractivity contribution < 1.29 is 4.79 Å². The second-order valence-electron chi connectivity index (χ2n) is 7.30. The van der Waals surface area contributed by atoms with Crippen molar-refractivity contribution in [3.05, 3.63) is 71.8 Å². The number of carbonyl (C=O) groups excluding carboxylic acids is 1. The Morgan fingerprint density at radius 2 is 1.44 bits per heavy atom. The number of carbonyl (C=O) groups is 1. The van der Waals surface area contributed by atoms with Crippen LogP contribution in [0.2, 0.25) is 0 Å². The maximum atomic E-state index is 12.8. The third-order valence-electron chi connectivity index (χ3n) is 5.49. The molecule has 2 aliphatic rings. The number of hydrogen-bond donors (Lipinski definition) is 0. The minimum atomic E-state index is -0.350. The van der Waals surface area contributed by atoms with Gasteiger partial charge in [0.1, 0.15) is 5.54 Å². The summed E-state index contributed by atoms with van der Waals surface area (Å²) in [5.74, 6) is 0.265. The largest absolute Gasteiger partial charge is 0.342 e. The first-order valence-corrected chi connectivity index (χ1v) is 8.98. The van der Waals surface area contributed by atoms with Crippen molar-refractivity contribution in [3.63, 3.8) is 0 Å². The third-order valence-corrected chi connectivity index (χ3v) is 5.49. The first kappa shape index (κ1) is 16.3. The fraction of sp³-hybridized carbons (Fsp3) is 0.381. The van der Waals surface area contributed by atoms with E-state index in [1.165, 1.54) is 11.1 Å². The zero-order valence-electron chi connectivity index (χ0n) is 14.8. The second-order valence-corrected chi connectivity index (χ2v) is 7.30. The van der Waals surface area contributed by atoms with Gasteiger partial charge in [-0.1, -0.05) is 60.7 Å². The highest BCUT2D eigenvalue weighted by Gasteiger charge is 2.56. The summed E-state index contributed by atoms with van der Waals surface area (Å²) in [6.07, 6.45) is 0. The number of amides is 1. The minimum absolute atomic E-state index is 0.265. The molecule has 0 N–H and O–H groups in total. The van der Waals surface area contributed by atoms with Crippen LogP contribution < -0.4 is 0 Å². The maximum Gasteiger partial charge on any atom is 0.246 e. The predicted octanol–water partition coefficient (Wildman–Crippen LogP) is 2.22. The molecular weight excluding hydrogens is 310 g/mol. The number of likely N-dealkylation sites (tertiary alicyclic amines) is 1. The van der Waals surface area contributed by atoms with Crippen LogP contribution in [0.3, 0.4) is 0 Å². The Kier molecular flexibility index (Phi) is 4.32. The van der Waals surface area contributed by atoms with Crippen molar-refractivity contribution in [2.24, 2.45) is 0 Å². The molecule has 2 fully saturated rings. The van der Waals surface area contributed by atoms with E-state index in [1.807, 2.05) is 24.1 Å². The van der Waals surface area contributed by atoms with E-state index in [0.717, 1.165) is 39.3 Å². The van der Waals surface area contributed by atoms with Gasteiger partial charge in [-0.15, -0.1) is 0 Å². The van der Waals surface area contributed by atoms with Crippen molar-refractivity contribution in [3.8, 4) is 0 Å². The van der Waals surface area contributed by atoms with Crippen LogP contribution in [0.25, 0.3) is 0 Å². The van der Waals surface area contributed by atoms with Gasteiger partial charge in [0.15, 0.2) is 0 Å². The molecule has 2 saturated heterocycles. The molecule has 1 unspecified atom stereocenters. The van der Waals surface area contributed by atoms with E-state index < -0.39 is 0 Å². The zero-order chi connectivity index (χ0) is 17.3. The Hall–Kier alpha value is -2.17. The van der Waals surface area contributed by atoms with Crippen molar-refractivity contribution in [2.75, 3.05) is 33.2 Å². The van der Waals surface area contributed by atoms with Crippen molar-refractivity contribution >= 4 is 5.91 Å². The number of β-lactam (4-membered cyclic amide) rings is 1. The van der Waals surface area contributed by atoms with Gasteiger partial charge < -0.3 is 4.90 Å². The molecule has 0 bridgehead atoms. The van der Waals surface area contributed by atoms with Gasteiger partial charge in [-0.05, 0) is 11.1 Å². The topological polar surface area (TPSA) is 26.8 Å². The minimum Gasteiger partial charge on any atom is -0.342 e. The molecule has 4 rings (SSSR count). The summed E-state index contributed by atoms with van der Waals surface area (Å²) >= 11 is 0. The Morgan fingerprint density at radius 3 is 2.00 bits per heavy atom. The van der Waals surface area contributed by atoms with Crippen LogP contribution in [0.1, 0.15) is 11.1 Å². The molecule has 1 atom stereocenters. The average molecular weight is 335 g/mol. The number of benzene rings is 2. The summed E-state index contributed by atoms with van der Waals surface area (Å²) in [4.78, 5) is 19.5. The van der Waals surface area contributed by atoms with Gasteiger partial charge in [-0.2, -0.15) is 0 Å². The van der Waals surface area contributed by atoms with Gasteiger partial charge in [0.05, 0.1) is 0 Å². The summed E-state index contributed by atoms with van der Waals surface area (Å²) in [5, 5.41) is 0. The molecule has 1 amide bonds. The van der Waals surface area contributed by atoms with Gasteiger partial charge in [0, 0.05) is 46.3 Å². The van der Waals surface area contributed by atoms with Crippen LogP contribution in [0.5, 0.6) is 0 Å². The van der Waals surface area contributed by atoms with Crippen molar-refractivity contribution in [1.29, 1.82) is 0 Å². The number of hydrogen-bond acceptors (Lipinski definition) is 3. The fourth-order valence-electron chi connectivity index (χ4n) is 4.18. The van der Waals surface area contributed by atoms with E-state index in [2.05, 4.69) is 58.3 Å². The van der Waals surface area contributed by atoms with Gasteiger partial charge >= 0.3 is 0 Å². The Balaban J connectivity index is 1.51. The molecule has 4 nitrogen and oxygen atoms in total.